The Kier molecular flexibility index (Phi) is 4.17. The fourth-order valence-corrected chi connectivity index (χ4v) is 2.39. The SMILES string of the molecule is COC(=O)c1c2c(n(C)c1/C=C/C(=O)O)C(=O)C=C(OC)C2=O. The Morgan fingerprint density at radius 2 is 1.91 bits per heavy atom. The van der Waals surface area contributed by atoms with Crippen LogP contribution in [0.5, 0.6) is 0 Å². The highest BCUT2D eigenvalue weighted by Crippen LogP contribution is 2.31. The number of carbonyl (C=O) groups excluding carboxylic acids is 3. The van der Waals surface area contributed by atoms with Crippen LogP contribution in [-0.4, -0.2) is 47.4 Å². The second kappa shape index (κ2) is 5.91. The van der Waals surface area contributed by atoms with E-state index in [1.807, 2.05) is 0 Å². The first-order valence-electron chi connectivity index (χ1n) is 6.40. The van der Waals surface area contributed by atoms with Crippen LogP contribution in [0.15, 0.2) is 17.9 Å². The molecule has 0 fully saturated rings. The molecular formula is C15H13NO7. The molecule has 1 aliphatic carbocycles. The van der Waals surface area contributed by atoms with Gasteiger partial charge in [0.25, 0.3) is 0 Å². The first-order valence-corrected chi connectivity index (χ1v) is 6.40. The van der Waals surface area contributed by atoms with Crippen LogP contribution >= 0.6 is 0 Å². The Hall–Kier alpha value is -3.16. The van der Waals surface area contributed by atoms with Gasteiger partial charge in [-0.15, -0.1) is 0 Å². The van der Waals surface area contributed by atoms with E-state index in [1.165, 1.54) is 18.7 Å². The molecule has 0 unspecified atom stereocenters. The van der Waals surface area contributed by atoms with Crippen molar-refractivity contribution in [1.29, 1.82) is 0 Å². The number of methoxy groups -OCH3 is 2. The fraction of sp³-hybridized carbons (Fsp3) is 0.200. The number of esters is 1. The lowest BCUT2D eigenvalue weighted by atomic mass is 9.96. The van der Waals surface area contributed by atoms with Crippen LogP contribution in [0.25, 0.3) is 6.08 Å². The monoisotopic (exact) mass is 319 g/mol. The molecule has 8 nitrogen and oxygen atoms in total. The van der Waals surface area contributed by atoms with Crippen LogP contribution in [0.4, 0.5) is 0 Å². The fourth-order valence-electron chi connectivity index (χ4n) is 2.39. The zero-order valence-electron chi connectivity index (χ0n) is 12.6. The second-order valence-corrected chi connectivity index (χ2v) is 4.61. The van der Waals surface area contributed by atoms with E-state index in [2.05, 4.69) is 4.74 Å². The largest absolute Gasteiger partial charge is 0.492 e. The van der Waals surface area contributed by atoms with E-state index >= 15 is 0 Å². The Morgan fingerprint density at radius 3 is 2.43 bits per heavy atom. The number of carboxylic acid groups (broad SMARTS) is 1. The topological polar surface area (TPSA) is 112 Å². The highest BCUT2D eigenvalue weighted by molar-refractivity contribution is 6.27. The maximum atomic E-state index is 12.4. The van der Waals surface area contributed by atoms with Gasteiger partial charge in [0.2, 0.25) is 11.6 Å². The Morgan fingerprint density at radius 1 is 1.26 bits per heavy atom. The number of aromatic nitrogens is 1. The number of nitrogens with zero attached hydrogens (tertiary/aromatic N) is 1. The highest BCUT2D eigenvalue weighted by Gasteiger charge is 2.37. The maximum absolute atomic E-state index is 12.4. The Balaban J connectivity index is 2.81. The van der Waals surface area contributed by atoms with Crippen molar-refractivity contribution >= 4 is 29.6 Å². The van der Waals surface area contributed by atoms with Crippen LogP contribution in [-0.2, 0) is 21.3 Å². The molecule has 1 N–H and O–H groups in total. The predicted molar refractivity (Wildman–Crippen MR) is 77.2 cm³/mol. The van der Waals surface area contributed by atoms with Gasteiger partial charge in [-0.2, -0.15) is 0 Å². The standard InChI is InChI=1S/C15H13NO7/c1-16-7(4-5-10(18)19)11(15(21)23-3)12-13(16)8(17)6-9(22-2)14(12)20/h4-6H,1-3H3,(H,18,19)/b5-4+. The van der Waals surface area contributed by atoms with Crippen LogP contribution in [0.2, 0.25) is 0 Å². The first-order chi connectivity index (χ1) is 10.8. The van der Waals surface area contributed by atoms with Crippen molar-refractivity contribution in [3.63, 3.8) is 0 Å². The highest BCUT2D eigenvalue weighted by atomic mass is 16.5. The van der Waals surface area contributed by atoms with Gasteiger partial charge < -0.3 is 19.1 Å². The summed E-state index contributed by atoms with van der Waals surface area (Å²) in [5, 5.41) is 8.76. The van der Waals surface area contributed by atoms with Gasteiger partial charge in [-0.3, -0.25) is 9.59 Å². The molecule has 0 spiro atoms. The van der Waals surface area contributed by atoms with Crippen molar-refractivity contribution in [2.75, 3.05) is 14.2 Å². The molecule has 0 aromatic carbocycles. The number of aliphatic carboxylic acids is 1. The van der Waals surface area contributed by atoms with Gasteiger partial charge in [0.05, 0.1) is 31.0 Å². The van der Waals surface area contributed by atoms with Gasteiger partial charge >= 0.3 is 11.9 Å². The molecule has 1 aromatic heterocycles. The molecular weight excluding hydrogens is 306 g/mol. The van der Waals surface area contributed by atoms with Crippen LogP contribution < -0.4 is 0 Å². The Labute approximate surface area is 130 Å². The van der Waals surface area contributed by atoms with Gasteiger partial charge in [0.1, 0.15) is 5.69 Å². The molecule has 0 bridgehead atoms. The summed E-state index contributed by atoms with van der Waals surface area (Å²) in [5.41, 5.74) is -0.282. The third-order valence-electron chi connectivity index (χ3n) is 3.38. The van der Waals surface area contributed by atoms with Crippen molar-refractivity contribution in [2.24, 2.45) is 7.05 Å². The van der Waals surface area contributed by atoms with E-state index < -0.39 is 23.5 Å². The Bertz CT molecular complexity index is 795. The van der Waals surface area contributed by atoms with Gasteiger partial charge in [-0.25, -0.2) is 9.59 Å². The molecule has 120 valence electrons. The molecule has 8 heteroatoms. The molecule has 1 aliphatic rings. The zero-order valence-corrected chi connectivity index (χ0v) is 12.6. The van der Waals surface area contributed by atoms with Crippen molar-refractivity contribution in [3.8, 4) is 0 Å². The number of hydrogen-bond donors (Lipinski definition) is 1. The average Bonchev–Trinajstić information content (AvgIpc) is 2.81. The van der Waals surface area contributed by atoms with Crippen LogP contribution in [0, 0.1) is 0 Å². The summed E-state index contributed by atoms with van der Waals surface area (Å²) in [4.78, 5) is 47.4. The number of ketones is 2. The van der Waals surface area contributed by atoms with Crippen molar-refractivity contribution in [2.45, 2.75) is 0 Å². The predicted octanol–water partition coefficient (Wildman–Crippen LogP) is 0.819. The number of carboxylic acids is 1. The number of ether oxygens (including phenoxy) is 2. The van der Waals surface area contributed by atoms with E-state index in [1.54, 1.807) is 0 Å². The summed E-state index contributed by atoms with van der Waals surface area (Å²) >= 11 is 0. The van der Waals surface area contributed by atoms with Crippen molar-refractivity contribution < 1.29 is 33.8 Å². The second-order valence-electron chi connectivity index (χ2n) is 4.61. The number of rotatable bonds is 4. The summed E-state index contributed by atoms with van der Waals surface area (Å²) in [6, 6.07) is 0. The minimum atomic E-state index is -1.24. The van der Waals surface area contributed by atoms with Crippen LogP contribution in [0.3, 0.4) is 0 Å². The van der Waals surface area contributed by atoms with E-state index in [0.717, 1.165) is 25.3 Å². The van der Waals surface area contributed by atoms with Gasteiger partial charge in [0.15, 0.2) is 5.76 Å². The van der Waals surface area contributed by atoms with E-state index in [9.17, 15) is 19.2 Å². The molecule has 0 saturated carbocycles. The van der Waals surface area contributed by atoms with Crippen molar-refractivity contribution in [1.82, 2.24) is 4.57 Å². The number of carbonyl (C=O) groups is 4. The summed E-state index contributed by atoms with van der Waals surface area (Å²) in [6.45, 7) is 0. The average molecular weight is 319 g/mol. The smallest absolute Gasteiger partial charge is 0.340 e. The summed E-state index contributed by atoms with van der Waals surface area (Å²) in [5.74, 6) is -3.47. The molecule has 2 rings (SSSR count). The molecule has 1 aromatic rings. The summed E-state index contributed by atoms with van der Waals surface area (Å²) < 4.78 is 10.8. The molecule has 0 amide bonds. The maximum Gasteiger partial charge on any atom is 0.340 e. The van der Waals surface area contributed by atoms with E-state index in [-0.39, 0.29) is 28.3 Å². The minimum Gasteiger partial charge on any atom is -0.492 e. The first kappa shape index (κ1) is 16.2. The van der Waals surface area contributed by atoms with Gasteiger partial charge in [-0.05, 0) is 6.08 Å². The normalized spacial score (nSPS) is 13.8. The number of hydrogen-bond acceptors (Lipinski definition) is 6. The third-order valence-corrected chi connectivity index (χ3v) is 3.38. The summed E-state index contributed by atoms with van der Waals surface area (Å²) in [6.07, 6.45) is 2.95. The molecule has 0 saturated heterocycles. The molecule has 23 heavy (non-hydrogen) atoms. The minimum absolute atomic E-state index is 0.0266. The van der Waals surface area contributed by atoms with Crippen LogP contribution in [0.1, 0.15) is 36.9 Å². The molecule has 1 heterocycles. The summed E-state index contributed by atoms with van der Waals surface area (Å²) in [7, 11) is 3.80. The van der Waals surface area contributed by atoms with E-state index in [0.29, 0.717) is 0 Å². The molecule has 0 aliphatic heterocycles. The van der Waals surface area contributed by atoms with Crippen molar-refractivity contribution in [3.05, 3.63) is 40.4 Å². The quantitative estimate of drug-likeness (QED) is 0.645. The van der Waals surface area contributed by atoms with Gasteiger partial charge in [-0.1, -0.05) is 0 Å². The number of allylic oxidation sites excluding steroid dienone is 2. The molecule has 0 radical (unpaired) electrons. The number of fused-ring (bicyclic) bond motifs is 1. The number of Topliss-reactive ketones (excluding diaryl/α,β-unsaturated/α-hetero) is 1. The lowest BCUT2D eigenvalue weighted by Gasteiger charge is -2.12. The van der Waals surface area contributed by atoms with Gasteiger partial charge in [0, 0.05) is 19.2 Å². The van der Waals surface area contributed by atoms with E-state index in [4.69, 9.17) is 9.84 Å². The zero-order chi connectivity index (χ0) is 17.3. The molecule has 0 atom stereocenters. The lowest BCUT2D eigenvalue weighted by molar-refractivity contribution is -0.131. The lowest BCUT2D eigenvalue weighted by Crippen LogP contribution is -2.21. The third kappa shape index (κ3) is 2.54.